The van der Waals surface area contributed by atoms with Gasteiger partial charge < -0.3 is 10.1 Å². The van der Waals surface area contributed by atoms with E-state index < -0.39 is 0 Å². The van der Waals surface area contributed by atoms with Crippen LogP contribution in [-0.4, -0.2) is 37.6 Å². The van der Waals surface area contributed by atoms with Gasteiger partial charge in [-0.3, -0.25) is 9.69 Å². The van der Waals surface area contributed by atoms with E-state index in [4.69, 9.17) is 10.00 Å². The molecule has 1 heterocycles. The summed E-state index contributed by atoms with van der Waals surface area (Å²) in [4.78, 5) is 14.9. The fourth-order valence-electron chi connectivity index (χ4n) is 3.32. The Bertz CT molecular complexity index is 772. The first kappa shape index (κ1) is 18.0. The van der Waals surface area contributed by atoms with Crippen LogP contribution in [0.25, 0.3) is 0 Å². The minimum absolute atomic E-state index is 0.118. The molecule has 0 bridgehead atoms. The Morgan fingerprint density at radius 1 is 1.15 bits per heavy atom. The van der Waals surface area contributed by atoms with Crippen molar-refractivity contribution in [3.8, 4) is 11.8 Å². The van der Waals surface area contributed by atoms with Crippen LogP contribution < -0.4 is 10.1 Å². The normalized spacial score (nSPS) is 15.2. The van der Waals surface area contributed by atoms with Gasteiger partial charge in [0.05, 0.1) is 24.8 Å². The van der Waals surface area contributed by atoms with Gasteiger partial charge in [0.25, 0.3) is 5.91 Å². The highest BCUT2D eigenvalue weighted by atomic mass is 16.5. The number of hydrogen-bond acceptors (Lipinski definition) is 4. The maximum absolute atomic E-state index is 12.5. The Balaban J connectivity index is 1.70. The molecule has 0 aromatic heterocycles. The molecule has 1 amide bonds. The molecule has 26 heavy (non-hydrogen) atoms. The first-order chi connectivity index (χ1) is 12.7. The molecule has 2 aromatic rings. The fraction of sp³-hybridized carbons (Fsp3) is 0.333. The largest absolute Gasteiger partial charge is 0.497 e. The second-order valence-electron chi connectivity index (χ2n) is 6.43. The van der Waals surface area contributed by atoms with Crippen molar-refractivity contribution in [1.82, 2.24) is 10.2 Å². The average Bonchev–Trinajstić information content (AvgIpc) is 3.23. The minimum atomic E-state index is -0.118. The molecular weight excluding hydrogens is 326 g/mol. The van der Waals surface area contributed by atoms with Crippen molar-refractivity contribution in [2.24, 2.45) is 0 Å². The first-order valence-electron chi connectivity index (χ1n) is 8.87. The predicted molar refractivity (Wildman–Crippen MR) is 100 cm³/mol. The molecule has 1 atom stereocenters. The van der Waals surface area contributed by atoms with Crippen molar-refractivity contribution >= 4 is 5.91 Å². The zero-order valence-corrected chi connectivity index (χ0v) is 14.9. The molecule has 0 saturated carbocycles. The van der Waals surface area contributed by atoms with E-state index in [2.05, 4.69) is 28.4 Å². The second kappa shape index (κ2) is 8.50. The van der Waals surface area contributed by atoms with Gasteiger partial charge in [-0.15, -0.1) is 0 Å². The third-order valence-electron chi connectivity index (χ3n) is 4.81. The zero-order valence-electron chi connectivity index (χ0n) is 14.9. The number of amides is 1. The van der Waals surface area contributed by atoms with Crippen LogP contribution in [0.2, 0.25) is 0 Å². The van der Waals surface area contributed by atoms with Crippen LogP contribution in [0, 0.1) is 11.3 Å². The Kier molecular flexibility index (Phi) is 5.88. The van der Waals surface area contributed by atoms with Crippen LogP contribution in [0.1, 0.15) is 40.4 Å². The summed E-state index contributed by atoms with van der Waals surface area (Å²) in [7, 11) is 1.66. The average molecular weight is 349 g/mol. The highest BCUT2D eigenvalue weighted by Crippen LogP contribution is 2.26. The van der Waals surface area contributed by atoms with Crippen molar-refractivity contribution < 1.29 is 9.53 Å². The van der Waals surface area contributed by atoms with Crippen molar-refractivity contribution in [2.45, 2.75) is 18.9 Å². The van der Waals surface area contributed by atoms with Gasteiger partial charge in [0.1, 0.15) is 5.75 Å². The number of rotatable bonds is 6. The molecule has 1 aliphatic heterocycles. The molecule has 1 saturated heterocycles. The van der Waals surface area contributed by atoms with Crippen LogP contribution >= 0.6 is 0 Å². The summed E-state index contributed by atoms with van der Waals surface area (Å²) >= 11 is 0. The van der Waals surface area contributed by atoms with E-state index in [0.29, 0.717) is 17.7 Å². The van der Waals surface area contributed by atoms with Crippen molar-refractivity contribution in [2.75, 3.05) is 26.7 Å². The number of ether oxygens (including phenoxy) is 1. The van der Waals surface area contributed by atoms with Gasteiger partial charge in [-0.2, -0.15) is 5.26 Å². The summed E-state index contributed by atoms with van der Waals surface area (Å²) < 4.78 is 5.24. The fourth-order valence-corrected chi connectivity index (χ4v) is 3.32. The summed E-state index contributed by atoms with van der Waals surface area (Å²) in [6, 6.07) is 17.0. The summed E-state index contributed by atoms with van der Waals surface area (Å²) in [6.45, 7) is 2.64. The topological polar surface area (TPSA) is 65.4 Å². The summed E-state index contributed by atoms with van der Waals surface area (Å²) in [6.07, 6.45) is 2.38. The maximum Gasteiger partial charge on any atom is 0.251 e. The SMILES string of the molecule is COc1ccc([C@H](CNC(=O)c2ccc(C#N)cc2)N2CCCC2)cc1. The van der Waals surface area contributed by atoms with Crippen LogP contribution in [0.3, 0.4) is 0 Å². The number of hydrogen-bond donors (Lipinski definition) is 1. The number of nitriles is 1. The van der Waals surface area contributed by atoms with Crippen LogP contribution in [0.15, 0.2) is 48.5 Å². The van der Waals surface area contributed by atoms with Crippen LogP contribution in [0.5, 0.6) is 5.75 Å². The van der Waals surface area contributed by atoms with E-state index in [1.165, 1.54) is 18.4 Å². The molecule has 5 heteroatoms. The summed E-state index contributed by atoms with van der Waals surface area (Å²) in [5, 5.41) is 11.9. The quantitative estimate of drug-likeness (QED) is 0.870. The zero-order chi connectivity index (χ0) is 18.4. The lowest BCUT2D eigenvalue weighted by atomic mass is 10.0. The third kappa shape index (κ3) is 4.22. The van der Waals surface area contributed by atoms with Crippen molar-refractivity contribution in [3.05, 3.63) is 65.2 Å². The number of carbonyl (C=O) groups excluding carboxylic acids is 1. The van der Waals surface area contributed by atoms with E-state index in [0.717, 1.165) is 18.8 Å². The van der Waals surface area contributed by atoms with E-state index >= 15 is 0 Å². The number of likely N-dealkylation sites (tertiary alicyclic amines) is 1. The monoisotopic (exact) mass is 349 g/mol. The van der Waals surface area contributed by atoms with Gasteiger partial charge >= 0.3 is 0 Å². The van der Waals surface area contributed by atoms with Crippen LogP contribution in [-0.2, 0) is 0 Å². The Morgan fingerprint density at radius 3 is 2.38 bits per heavy atom. The van der Waals surface area contributed by atoms with Gasteiger partial charge in [-0.05, 0) is 67.9 Å². The lowest BCUT2D eigenvalue weighted by Crippen LogP contribution is -2.36. The number of nitrogens with one attached hydrogen (secondary N) is 1. The molecule has 134 valence electrons. The lowest BCUT2D eigenvalue weighted by Gasteiger charge is -2.28. The number of carbonyl (C=O) groups is 1. The molecule has 2 aromatic carbocycles. The smallest absolute Gasteiger partial charge is 0.251 e. The van der Waals surface area contributed by atoms with Gasteiger partial charge in [0.2, 0.25) is 0 Å². The van der Waals surface area contributed by atoms with E-state index in [1.807, 2.05) is 12.1 Å². The van der Waals surface area contributed by atoms with Crippen LogP contribution in [0.4, 0.5) is 0 Å². The van der Waals surface area contributed by atoms with Gasteiger partial charge in [-0.1, -0.05) is 12.1 Å². The molecule has 0 aliphatic carbocycles. The highest BCUT2D eigenvalue weighted by molar-refractivity contribution is 5.94. The molecule has 0 spiro atoms. The highest BCUT2D eigenvalue weighted by Gasteiger charge is 2.24. The number of benzene rings is 2. The molecule has 3 rings (SSSR count). The predicted octanol–water partition coefficient (Wildman–Crippen LogP) is 3.13. The lowest BCUT2D eigenvalue weighted by molar-refractivity contribution is 0.0938. The molecule has 1 aliphatic rings. The molecule has 0 unspecified atom stereocenters. The first-order valence-corrected chi connectivity index (χ1v) is 8.87. The van der Waals surface area contributed by atoms with Gasteiger partial charge in [0, 0.05) is 12.1 Å². The Morgan fingerprint density at radius 2 is 1.81 bits per heavy atom. The molecule has 5 nitrogen and oxygen atoms in total. The number of nitrogens with zero attached hydrogens (tertiary/aromatic N) is 2. The van der Waals surface area contributed by atoms with Gasteiger partial charge in [0.15, 0.2) is 0 Å². The number of methoxy groups -OCH3 is 1. The standard InChI is InChI=1S/C21H23N3O2/c1-26-19-10-8-17(9-11-19)20(24-12-2-3-13-24)15-23-21(25)18-6-4-16(14-22)5-7-18/h4-11,20H,2-3,12-13,15H2,1H3,(H,23,25)/t20-/m0/s1. The molecular formula is C21H23N3O2. The van der Waals surface area contributed by atoms with Crippen molar-refractivity contribution in [3.63, 3.8) is 0 Å². The van der Waals surface area contributed by atoms with E-state index in [1.54, 1.807) is 31.4 Å². The molecule has 0 radical (unpaired) electrons. The van der Waals surface area contributed by atoms with E-state index in [9.17, 15) is 4.79 Å². The second-order valence-corrected chi connectivity index (χ2v) is 6.43. The molecule has 1 N–H and O–H groups in total. The summed E-state index contributed by atoms with van der Waals surface area (Å²) in [5.74, 6) is 0.711. The third-order valence-corrected chi connectivity index (χ3v) is 4.81. The molecule has 1 fully saturated rings. The minimum Gasteiger partial charge on any atom is -0.497 e. The Labute approximate surface area is 154 Å². The summed E-state index contributed by atoms with van der Waals surface area (Å²) in [5.41, 5.74) is 2.29. The van der Waals surface area contributed by atoms with Crippen molar-refractivity contribution in [1.29, 1.82) is 5.26 Å². The van der Waals surface area contributed by atoms with E-state index in [-0.39, 0.29) is 11.9 Å². The maximum atomic E-state index is 12.5. The van der Waals surface area contributed by atoms with Gasteiger partial charge in [-0.25, -0.2) is 0 Å². The Hall–Kier alpha value is -2.84.